The number of benzene rings is 2. The van der Waals surface area contributed by atoms with Gasteiger partial charge >= 0.3 is 0 Å². The number of aryl methyl sites for hydroxylation is 1. The van der Waals surface area contributed by atoms with Crippen molar-refractivity contribution < 1.29 is 14.3 Å². The number of carbonyl (C=O) groups excluding carboxylic acids is 2. The van der Waals surface area contributed by atoms with E-state index in [0.29, 0.717) is 48.2 Å². The molecule has 2 heterocycles. The van der Waals surface area contributed by atoms with Gasteiger partial charge in [0, 0.05) is 49.2 Å². The smallest absolute Gasteiger partial charge is 0.295 e. The Hall–Kier alpha value is -2.83. The van der Waals surface area contributed by atoms with Gasteiger partial charge in [-0.2, -0.15) is 0 Å². The van der Waals surface area contributed by atoms with Gasteiger partial charge in [-0.1, -0.05) is 29.8 Å². The van der Waals surface area contributed by atoms with Gasteiger partial charge in [0.25, 0.3) is 11.7 Å². The first-order chi connectivity index (χ1) is 14.1. The number of para-hydroxylation sites is 1. The first-order valence-corrected chi connectivity index (χ1v) is 9.93. The number of halogens is 1. The highest BCUT2D eigenvalue weighted by atomic mass is 35.5. The molecule has 7 heteroatoms. The fourth-order valence-electron chi connectivity index (χ4n) is 3.67. The molecule has 1 aromatic heterocycles. The molecule has 1 aliphatic heterocycles. The van der Waals surface area contributed by atoms with Crippen LogP contribution in [0.1, 0.15) is 16.1 Å². The molecule has 150 valence electrons. The Kier molecular flexibility index (Phi) is 5.56. The molecule has 1 aliphatic rings. The van der Waals surface area contributed by atoms with E-state index >= 15 is 0 Å². The summed E-state index contributed by atoms with van der Waals surface area (Å²) >= 11 is 5.93. The van der Waals surface area contributed by atoms with Crippen LogP contribution >= 0.6 is 11.6 Å². The van der Waals surface area contributed by atoms with Crippen LogP contribution in [0, 0.1) is 0 Å². The summed E-state index contributed by atoms with van der Waals surface area (Å²) in [6, 6.07) is 14.6. The number of Topliss-reactive ketones (excluding diaryl/α,β-unsaturated/α-hetero) is 1. The second-order valence-electron chi connectivity index (χ2n) is 7.01. The number of aromatic nitrogens is 1. The third kappa shape index (κ3) is 3.86. The molecule has 0 saturated carbocycles. The Labute approximate surface area is 174 Å². The highest BCUT2D eigenvalue weighted by molar-refractivity contribution is 6.45. The second-order valence-corrected chi connectivity index (χ2v) is 7.45. The predicted molar refractivity (Wildman–Crippen MR) is 112 cm³/mol. The van der Waals surface area contributed by atoms with Crippen molar-refractivity contribution in [3.63, 3.8) is 0 Å². The van der Waals surface area contributed by atoms with E-state index in [9.17, 15) is 9.59 Å². The summed E-state index contributed by atoms with van der Waals surface area (Å²) in [4.78, 5) is 27.8. The van der Waals surface area contributed by atoms with Gasteiger partial charge in [0.2, 0.25) is 0 Å². The molecule has 1 saturated heterocycles. The van der Waals surface area contributed by atoms with Crippen LogP contribution in [0.15, 0.2) is 48.5 Å². The van der Waals surface area contributed by atoms with Crippen LogP contribution in [0.4, 0.5) is 0 Å². The average Bonchev–Trinajstić information content (AvgIpc) is 3.05. The zero-order valence-corrected chi connectivity index (χ0v) is 16.9. The maximum absolute atomic E-state index is 13.3. The van der Waals surface area contributed by atoms with E-state index in [-0.39, 0.29) is 6.61 Å². The molecule has 0 unspecified atom stereocenters. The lowest BCUT2D eigenvalue weighted by atomic mass is 10.0. The van der Waals surface area contributed by atoms with Crippen LogP contribution in [-0.2, 0) is 18.4 Å². The lowest BCUT2D eigenvalue weighted by molar-refractivity contribution is -0.126. The van der Waals surface area contributed by atoms with E-state index in [0.717, 1.165) is 10.9 Å². The fourth-order valence-corrected chi connectivity index (χ4v) is 3.80. The molecule has 0 aliphatic carbocycles. The lowest BCUT2D eigenvalue weighted by Gasteiger charge is -2.26. The van der Waals surface area contributed by atoms with Crippen molar-refractivity contribution in [2.45, 2.75) is 6.61 Å². The number of piperazine rings is 1. The summed E-state index contributed by atoms with van der Waals surface area (Å²) in [6.45, 7) is 2.63. The number of hydrogen-bond acceptors (Lipinski definition) is 4. The molecule has 1 N–H and O–H groups in total. The van der Waals surface area contributed by atoms with E-state index < -0.39 is 11.7 Å². The number of ketones is 1. The molecule has 29 heavy (non-hydrogen) atoms. The van der Waals surface area contributed by atoms with Crippen LogP contribution in [0.25, 0.3) is 10.9 Å². The monoisotopic (exact) mass is 411 g/mol. The zero-order valence-electron chi connectivity index (χ0n) is 16.2. The molecule has 0 spiro atoms. The molecule has 2 aromatic carbocycles. The van der Waals surface area contributed by atoms with E-state index in [1.54, 1.807) is 29.2 Å². The molecule has 0 atom stereocenters. The van der Waals surface area contributed by atoms with Gasteiger partial charge < -0.3 is 19.5 Å². The Morgan fingerprint density at radius 1 is 1.07 bits per heavy atom. The van der Waals surface area contributed by atoms with Gasteiger partial charge in [0.15, 0.2) is 0 Å². The van der Waals surface area contributed by atoms with Crippen LogP contribution < -0.4 is 10.1 Å². The fraction of sp³-hybridized carbons (Fsp3) is 0.273. The predicted octanol–water partition coefficient (Wildman–Crippen LogP) is 3.03. The number of carbonyl (C=O) groups is 2. The number of fused-ring (bicyclic) bond motifs is 1. The summed E-state index contributed by atoms with van der Waals surface area (Å²) in [6.07, 6.45) is 0. The van der Waals surface area contributed by atoms with E-state index in [1.165, 1.54) is 0 Å². The van der Waals surface area contributed by atoms with Crippen molar-refractivity contribution in [2.24, 2.45) is 7.05 Å². The third-order valence-corrected chi connectivity index (χ3v) is 5.49. The van der Waals surface area contributed by atoms with Crippen LogP contribution in [0.2, 0.25) is 5.02 Å². The Bertz CT molecular complexity index is 1050. The van der Waals surface area contributed by atoms with Crippen molar-refractivity contribution in [1.82, 2.24) is 14.8 Å². The van der Waals surface area contributed by atoms with E-state index in [2.05, 4.69) is 5.32 Å². The minimum Gasteiger partial charge on any atom is -0.487 e. The molecule has 4 rings (SSSR count). The Morgan fingerprint density at radius 3 is 2.48 bits per heavy atom. The second kappa shape index (κ2) is 8.27. The molecule has 3 aromatic rings. The van der Waals surface area contributed by atoms with Crippen LogP contribution in [-0.4, -0.2) is 47.3 Å². The van der Waals surface area contributed by atoms with Crippen LogP contribution in [0.5, 0.6) is 5.75 Å². The largest absolute Gasteiger partial charge is 0.487 e. The van der Waals surface area contributed by atoms with E-state index in [4.69, 9.17) is 16.3 Å². The maximum atomic E-state index is 13.3. The van der Waals surface area contributed by atoms with Crippen molar-refractivity contribution in [3.05, 3.63) is 64.8 Å². The normalized spacial score (nSPS) is 14.2. The van der Waals surface area contributed by atoms with Gasteiger partial charge in [-0.05, 0) is 30.3 Å². The van der Waals surface area contributed by atoms with Crippen molar-refractivity contribution >= 4 is 34.2 Å². The van der Waals surface area contributed by atoms with Crippen molar-refractivity contribution in [2.75, 3.05) is 26.2 Å². The summed E-state index contributed by atoms with van der Waals surface area (Å²) in [5.74, 6) is -0.305. The molecule has 0 bridgehead atoms. The average molecular weight is 412 g/mol. The summed E-state index contributed by atoms with van der Waals surface area (Å²) < 4.78 is 7.83. The molecular formula is C22H22ClN3O3. The minimum absolute atomic E-state index is 0.169. The van der Waals surface area contributed by atoms with Crippen LogP contribution in [0.3, 0.4) is 0 Å². The molecule has 1 fully saturated rings. The SMILES string of the molecule is Cn1c(COc2ccc(Cl)cc2)c(C(=O)C(=O)N2CCNCC2)c2ccccc21. The lowest BCUT2D eigenvalue weighted by Crippen LogP contribution is -2.48. The quantitative estimate of drug-likeness (QED) is 0.517. The highest BCUT2D eigenvalue weighted by Gasteiger charge is 2.30. The van der Waals surface area contributed by atoms with Gasteiger partial charge in [-0.15, -0.1) is 0 Å². The first kappa shape index (κ1) is 19.5. The number of rotatable bonds is 5. The van der Waals surface area contributed by atoms with Gasteiger partial charge in [-0.25, -0.2) is 0 Å². The summed E-state index contributed by atoms with van der Waals surface area (Å²) in [5.41, 5.74) is 1.98. The standard InChI is InChI=1S/C22H22ClN3O3/c1-25-18-5-3-2-4-17(18)20(21(27)22(28)26-12-10-24-11-13-26)19(25)14-29-16-8-6-15(23)7-9-16/h2-9,24H,10-14H2,1H3. The molecule has 0 radical (unpaired) electrons. The zero-order chi connectivity index (χ0) is 20.4. The Balaban J connectivity index is 1.69. The number of nitrogens with zero attached hydrogens (tertiary/aromatic N) is 2. The van der Waals surface area contributed by atoms with E-state index in [1.807, 2.05) is 35.9 Å². The van der Waals surface area contributed by atoms with Crippen molar-refractivity contribution in [1.29, 1.82) is 0 Å². The van der Waals surface area contributed by atoms with Gasteiger partial charge in [0.05, 0.1) is 11.3 Å². The first-order valence-electron chi connectivity index (χ1n) is 9.55. The highest BCUT2D eigenvalue weighted by Crippen LogP contribution is 2.28. The van der Waals surface area contributed by atoms with Gasteiger partial charge in [0.1, 0.15) is 12.4 Å². The van der Waals surface area contributed by atoms with Gasteiger partial charge in [-0.3, -0.25) is 9.59 Å². The van der Waals surface area contributed by atoms with Crippen molar-refractivity contribution in [3.8, 4) is 5.75 Å². The number of hydrogen-bond donors (Lipinski definition) is 1. The topological polar surface area (TPSA) is 63.6 Å². The number of amides is 1. The number of ether oxygens (including phenoxy) is 1. The summed E-state index contributed by atoms with van der Waals surface area (Å²) in [7, 11) is 1.88. The Morgan fingerprint density at radius 2 is 1.76 bits per heavy atom. The minimum atomic E-state index is -0.488. The maximum Gasteiger partial charge on any atom is 0.295 e. The summed E-state index contributed by atoms with van der Waals surface area (Å²) in [5, 5.41) is 4.58. The molecular weight excluding hydrogens is 390 g/mol. The third-order valence-electron chi connectivity index (χ3n) is 5.24. The molecule has 6 nitrogen and oxygen atoms in total. The number of nitrogens with one attached hydrogen (secondary N) is 1. The molecule has 1 amide bonds.